The van der Waals surface area contributed by atoms with Gasteiger partial charge in [-0.2, -0.15) is 0 Å². The molecular weight excluding hydrogens is 401 g/mol. The minimum absolute atomic E-state index is 0.123. The number of fused-ring (bicyclic) bond motifs is 1. The smallest absolute Gasteiger partial charge is 0.259 e. The van der Waals surface area contributed by atoms with Gasteiger partial charge < -0.3 is 14.8 Å². The van der Waals surface area contributed by atoms with Gasteiger partial charge in [0, 0.05) is 41.1 Å². The Morgan fingerprint density at radius 1 is 1.00 bits per heavy atom. The molecule has 1 N–H and O–H groups in total. The summed E-state index contributed by atoms with van der Waals surface area (Å²) in [6.45, 7) is 3.70. The summed E-state index contributed by atoms with van der Waals surface area (Å²) >= 11 is 0. The van der Waals surface area contributed by atoms with Crippen LogP contribution in [0.15, 0.2) is 60.8 Å². The molecule has 0 spiro atoms. The standard InChI is InChI=1S/C27H26FN3O/c28-21-7-8-24-23(16-21)20(17-29-24)15-18-9-11-30(12-10-18)13-14-31-25-6-2-4-19-3-1-5-22(26(19)25)27(31)32/h1-8,16-18,29H,9-15H2. The maximum Gasteiger partial charge on any atom is 0.259 e. The van der Waals surface area contributed by atoms with E-state index in [0.29, 0.717) is 5.92 Å². The van der Waals surface area contributed by atoms with Gasteiger partial charge in [0.05, 0.1) is 5.69 Å². The lowest BCUT2D eigenvalue weighted by atomic mass is 9.90. The summed E-state index contributed by atoms with van der Waals surface area (Å²) in [5.74, 6) is 0.556. The average molecular weight is 428 g/mol. The van der Waals surface area contributed by atoms with Gasteiger partial charge in [-0.1, -0.05) is 24.3 Å². The van der Waals surface area contributed by atoms with Crippen molar-refractivity contribution in [1.82, 2.24) is 9.88 Å². The van der Waals surface area contributed by atoms with E-state index in [-0.39, 0.29) is 11.7 Å². The van der Waals surface area contributed by atoms with Crippen LogP contribution >= 0.6 is 0 Å². The van der Waals surface area contributed by atoms with Crippen molar-refractivity contribution in [2.45, 2.75) is 19.3 Å². The number of hydrogen-bond acceptors (Lipinski definition) is 2. The van der Waals surface area contributed by atoms with Crippen molar-refractivity contribution in [3.8, 4) is 0 Å². The fraction of sp³-hybridized carbons (Fsp3) is 0.296. The zero-order valence-corrected chi connectivity index (χ0v) is 18.0. The van der Waals surface area contributed by atoms with Crippen LogP contribution in [0.25, 0.3) is 21.7 Å². The van der Waals surface area contributed by atoms with E-state index in [1.54, 1.807) is 6.07 Å². The number of likely N-dealkylation sites (tertiary alicyclic amines) is 1. The van der Waals surface area contributed by atoms with E-state index in [1.165, 1.54) is 11.6 Å². The number of aromatic nitrogens is 1. The van der Waals surface area contributed by atoms with Crippen molar-refractivity contribution in [2.75, 3.05) is 31.1 Å². The second kappa shape index (κ2) is 7.75. The van der Waals surface area contributed by atoms with Gasteiger partial charge in [-0.15, -0.1) is 0 Å². The molecule has 1 fully saturated rings. The molecule has 3 aromatic carbocycles. The van der Waals surface area contributed by atoms with Crippen molar-refractivity contribution >= 4 is 33.3 Å². The number of carbonyl (C=O) groups is 1. The summed E-state index contributed by atoms with van der Waals surface area (Å²) in [5.41, 5.74) is 4.09. The van der Waals surface area contributed by atoms with Crippen LogP contribution in [-0.2, 0) is 6.42 Å². The summed E-state index contributed by atoms with van der Waals surface area (Å²) in [6.07, 6.45) is 5.28. The number of benzene rings is 3. The molecule has 0 saturated carbocycles. The van der Waals surface area contributed by atoms with Gasteiger partial charge in [0.2, 0.25) is 0 Å². The van der Waals surface area contributed by atoms with Crippen molar-refractivity contribution < 1.29 is 9.18 Å². The SMILES string of the molecule is O=C1c2cccc3cccc(c23)N1CCN1CCC(Cc2c[nH]c3ccc(F)cc23)CC1. The number of halogens is 1. The van der Waals surface area contributed by atoms with Crippen molar-refractivity contribution in [3.05, 3.63) is 77.7 Å². The lowest BCUT2D eigenvalue weighted by Crippen LogP contribution is -2.41. The summed E-state index contributed by atoms with van der Waals surface area (Å²) in [4.78, 5) is 20.7. The van der Waals surface area contributed by atoms with Crippen LogP contribution in [0, 0.1) is 11.7 Å². The second-order valence-corrected chi connectivity index (χ2v) is 9.13. The Morgan fingerprint density at radius 3 is 2.66 bits per heavy atom. The van der Waals surface area contributed by atoms with E-state index in [0.717, 1.165) is 78.4 Å². The second-order valence-electron chi connectivity index (χ2n) is 9.13. The average Bonchev–Trinajstić information content (AvgIpc) is 3.33. The summed E-state index contributed by atoms with van der Waals surface area (Å²) in [6, 6.07) is 17.1. The predicted molar refractivity (Wildman–Crippen MR) is 127 cm³/mol. The number of piperidine rings is 1. The minimum Gasteiger partial charge on any atom is -0.361 e. The molecule has 6 rings (SSSR count). The Hall–Kier alpha value is -3.18. The predicted octanol–water partition coefficient (Wildman–Crippen LogP) is 5.38. The highest BCUT2D eigenvalue weighted by atomic mass is 19.1. The molecule has 2 aliphatic rings. The van der Waals surface area contributed by atoms with Crippen molar-refractivity contribution in [2.24, 2.45) is 5.92 Å². The first-order valence-electron chi connectivity index (χ1n) is 11.5. The van der Waals surface area contributed by atoms with Gasteiger partial charge in [0.1, 0.15) is 5.82 Å². The number of anilines is 1. The molecule has 4 nitrogen and oxygen atoms in total. The third kappa shape index (κ3) is 3.28. The molecule has 4 aromatic rings. The van der Waals surface area contributed by atoms with Crippen molar-refractivity contribution in [1.29, 1.82) is 0 Å². The zero-order valence-electron chi connectivity index (χ0n) is 18.0. The van der Waals surface area contributed by atoms with E-state index in [4.69, 9.17) is 0 Å². The van der Waals surface area contributed by atoms with Gasteiger partial charge in [-0.05, 0) is 79.6 Å². The molecule has 1 amide bonds. The molecule has 162 valence electrons. The van der Waals surface area contributed by atoms with E-state index in [9.17, 15) is 9.18 Å². The van der Waals surface area contributed by atoms with Crippen LogP contribution in [0.2, 0.25) is 0 Å². The van der Waals surface area contributed by atoms with Crippen molar-refractivity contribution in [3.63, 3.8) is 0 Å². The van der Waals surface area contributed by atoms with Crippen LogP contribution in [0.5, 0.6) is 0 Å². The molecule has 1 aromatic heterocycles. The number of hydrogen-bond donors (Lipinski definition) is 1. The van der Waals surface area contributed by atoms with Crippen LogP contribution in [0.4, 0.5) is 10.1 Å². The number of rotatable bonds is 5. The van der Waals surface area contributed by atoms with E-state index in [1.807, 2.05) is 35.4 Å². The number of amides is 1. The molecule has 0 bridgehead atoms. The van der Waals surface area contributed by atoms with Gasteiger partial charge in [-0.3, -0.25) is 4.79 Å². The molecule has 0 radical (unpaired) electrons. The molecular formula is C27H26FN3O. The van der Waals surface area contributed by atoms with Crippen LogP contribution < -0.4 is 4.90 Å². The number of H-pyrrole nitrogens is 1. The number of aromatic amines is 1. The fourth-order valence-electron chi connectivity index (χ4n) is 5.49. The zero-order chi connectivity index (χ0) is 21.7. The summed E-state index contributed by atoms with van der Waals surface area (Å²) in [7, 11) is 0. The molecule has 0 unspecified atom stereocenters. The minimum atomic E-state index is -0.178. The first kappa shape index (κ1) is 19.5. The first-order valence-corrected chi connectivity index (χ1v) is 11.5. The Labute approximate surface area is 186 Å². The van der Waals surface area contributed by atoms with Crippen LogP contribution in [-0.4, -0.2) is 42.0 Å². The molecule has 32 heavy (non-hydrogen) atoms. The third-order valence-electron chi connectivity index (χ3n) is 7.23. The monoisotopic (exact) mass is 427 g/mol. The highest BCUT2D eigenvalue weighted by molar-refractivity contribution is 6.25. The fourth-order valence-corrected chi connectivity index (χ4v) is 5.49. The Kier molecular flexibility index (Phi) is 4.72. The molecule has 3 heterocycles. The van der Waals surface area contributed by atoms with Gasteiger partial charge in [0.15, 0.2) is 0 Å². The summed E-state index contributed by atoms with van der Waals surface area (Å²) in [5, 5.41) is 3.23. The Bertz CT molecular complexity index is 1310. The molecule has 0 atom stereocenters. The first-order chi connectivity index (χ1) is 15.7. The largest absolute Gasteiger partial charge is 0.361 e. The topological polar surface area (TPSA) is 39.3 Å². The molecule has 2 aliphatic heterocycles. The van der Waals surface area contributed by atoms with Gasteiger partial charge >= 0.3 is 0 Å². The van der Waals surface area contributed by atoms with Crippen LogP contribution in [0.3, 0.4) is 0 Å². The Morgan fingerprint density at radius 2 is 1.81 bits per heavy atom. The lowest BCUT2D eigenvalue weighted by Gasteiger charge is -2.33. The maximum atomic E-state index is 13.7. The highest BCUT2D eigenvalue weighted by Gasteiger charge is 2.30. The van der Waals surface area contributed by atoms with E-state index < -0.39 is 0 Å². The normalized spacial score (nSPS) is 17.2. The van der Waals surface area contributed by atoms with Gasteiger partial charge in [0.25, 0.3) is 5.91 Å². The number of nitrogens with one attached hydrogen (secondary N) is 1. The highest BCUT2D eigenvalue weighted by Crippen LogP contribution is 2.37. The van der Waals surface area contributed by atoms with E-state index >= 15 is 0 Å². The number of nitrogens with zero attached hydrogens (tertiary/aromatic N) is 2. The molecule has 5 heteroatoms. The summed E-state index contributed by atoms with van der Waals surface area (Å²) < 4.78 is 13.7. The van der Waals surface area contributed by atoms with Crippen LogP contribution in [0.1, 0.15) is 28.8 Å². The lowest BCUT2D eigenvalue weighted by molar-refractivity contribution is 0.0987. The molecule has 0 aliphatic carbocycles. The Balaban J connectivity index is 1.08. The maximum absolute atomic E-state index is 13.7. The number of carbonyl (C=O) groups excluding carboxylic acids is 1. The third-order valence-corrected chi connectivity index (χ3v) is 7.23. The van der Waals surface area contributed by atoms with Gasteiger partial charge in [-0.25, -0.2) is 4.39 Å². The van der Waals surface area contributed by atoms with E-state index in [2.05, 4.69) is 28.1 Å². The molecule has 1 saturated heterocycles. The quantitative estimate of drug-likeness (QED) is 0.465.